The average Bonchev–Trinajstić information content (AvgIpc) is 3.09. The fraction of sp³-hybridized carbons (Fsp3) is 0.421. The van der Waals surface area contributed by atoms with Gasteiger partial charge >= 0.3 is 0 Å². The van der Waals surface area contributed by atoms with Crippen LogP contribution in [0.3, 0.4) is 0 Å². The van der Waals surface area contributed by atoms with Crippen molar-refractivity contribution in [2.75, 3.05) is 37.4 Å². The molecule has 132 valence electrons. The third-order valence-electron chi connectivity index (χ3n) is 4.47. The number of nitrogens with zero attached hydrogens (tertiary/aromatic N) is 4. The van der Waals surface area contributed by atoms with E-state index in [1.54, 1.807) is 6.20 Å². The van der Waals surface area contributed by atoms with Crippen molar-refractivity contribution in [2.24, 2.45) is 0 Å². The lowest BCUT2D eigenvalue weighted by Gasteiger charge is -2.18. The third kappa shape index (κ3) is 4.14. The zero-order valence-corrected chi connectivity index (χ0v) is 15.1. The maximum Gasteiger partial charge on any atom is 0.259 e. The Labute approximate surface area is 148 Å². The Hall–Kier alpha value is -2.47. The first kappa shape index (κ1) is 17.4. The van der Waals surface area contributed by atoms with E-state index < -0.39 is 0 Å². The van der Waals surface area contributed by atoms with Gasteiger partial charge in [-0.3, -0.25) is 9.69 Å². The molecule has 1 aliphatic heterocycles. The van der Waals surface area contributed by atoms with Crippen LogP contribution in [-0.2, 0) is 6.54 Å². The van der Waals surface area contributed by atoms with Gasteiger partial charge in [0.1, 0.15) is 0 Å². The van der Waals surface area contributed by atoms with Crippen LogP contribution in [0.25, 0.3) is 0 Å². The van der Waals surface area contributed by atoms with E-state index >= 15 is 0 Å². The first-order valence-electron chi connectivity index (χ1n) is 8.67. The van der Waals surface area contributed by atoms with Crippen LogP contribution in [0.15, 0.2) is 30.5 Å². The molecule has 1 N–H and O–H groups in total. The molecule has 1 amide bonds. The van der Waals surface area contributed by atoms with Gasteiger partial charge in [-0.05, 0) is 44.5 Å². The lowest BCUT2D eigenvalue weighted by Crippen LogP contribution is -2.21. The van der Waals surface area contributed by atoms with Crippen LogP contribution in [-0.4, -0.2) is 48.0 Å². The van der Waals surface area contributed by atoms with Crippen molar-refractivity contribution in [3.63, 3.8) is 0 Å². The van der Waals surface area contributed by atoms with Gasteiger partial charge in [0, 0.05) is 32.5 Å². The summed E-state index contributed by atoms with van der Waals surface area (Å²) in [6.45, 7) is 4.95. The monoisotopic (exact) mass is 339 g/mol. The summed E-state index contributed by atoms with van der Waals surface area (Å²) in [5, 5.41) is 3.03. The molecule has 0 aliphatic carbocycles. The lowest BCUT2D eigenvalue weighted by molar-refractivity contribution is 0.102. The summed E-state index contributed by atoms with van der Waals surface area (Å²) < 4.78 is 0. The van der Waals surface area contributed by atoms with Gasteiger partial charge in [-0.25, -0.2) is 9.97 Å². The molecule has 6 nitrogen and oxygen atoms in total. The molecule has 3 rings (SSSR count). The van der Waals surface area contributed by atoms with Crippen molar-refractivity contribution >= 4 is 17.5 Å². The average molecular weight is 339 g/mol. The summed E-state index contributed by atoms with van der Waals surface area (Å²) >= 11 is 0. The van der Waals surface area contributed by atoms with Gasteiger partial charge in [-0.2, -0.15) is 0 Å². The molecule has 0 unspecified atom stereocenters. The second kappa shape index (κ2) is 7.61. The van der Waals surface area contributed by atoms with Crippen molar-refractivity contribution in [3.8, 4) is 0 Å². The lowest BCUT2D eigenvalue weighted by atomic mass is 10.1. The SMILES string of the molecule is Cc1nc(N(C)C)ncc1C(=O)Nc1ccccc1CN1CCCC1. The van der Waals surface area contributed by atoms with Gasteiger partial charge in [0.05, 0.1) is 11.3 Å². The van der Waals surface area contributed by atoms with Crippen molar-refractivity contribution in [2.45, 2.75) is 26.3 Å². The minimum Gasteiger partial charge on any atom is -0.347 e. The summed E-state index contributed by atoms with van der Waals surface area (Å²) in [5.74, 6) is 0.431. The highest BCUT2D eigenvalue weighted by molar-refractivity contribution is 6.05. The predicted octanol–water partition coefficient (Wildman–Crippen LogP) is 2.70. The number of aryl methyl sites for hydroxylation is 1. The molecule has 1 fully saturated rings. The molecule has 0 radical (unpaired) electrons. The molecule has 6 heteroatoms. The number of hydrogen-bond acceptors (Lipinski definition) is 5. The molecule has 0 spiro atoms. The highest BCUT2D eigenvalue weighted by atomic mass is 16.1. The summed E-state index contributed by atoms with van der Waals surface area (Å²) in [7, 11) is 3.76. The van der Waals surface area contributed by atoms with Crippen LogP contribution in [0.4, 0.5) is 11.6 Å². The second-order valence-corrected chi connectivity index (χ2v) is 6.66. The molecular formula is C19H25N5O. The molecule has 2 aromatic rings. The summed E-state index contributed by atoms with van der Waals surface area (Å²) in [6.07, 6.45) is 4.10. The number of aromatic nitrogens is 2. The highest BCUT2D eigenvalue weighted by Crippen LogP contribution is 2.21. The first-order chi connectivity index (χ1) is 12.0. The van der Waals surface area contributed by atoms with Crippen molar-refractivity contribution in [3.05, 3.63) is 47.3 Å². The van der Waals surface area contributed by atoms with Gasteiger partial charge in [-0.15, -0.1) is 0 Å². The number of likely N-dealkylation sites (tertiary alicyclic amines) is 1. The van der Waals surface area contributed by atoms with Gasteiger partial charge in [0.2, 0.25) is 5.95 Å². The Morgan fingerprint density at radius 1 is 1.24 bits per heavy atom. The van der Waals surface area contributed by atoms with Gasteiger partial charge < -0.3 is 10.2 Å². The first-order valence-corrected chi connectivity index (χ1v) is 8.67. The largest absolute Gasteiger partial charge is 0.347 e. The van der Waals surface area contributed by atoms with Crippen LogP contribution in [0.5, 0.6) is 0 Å². The Balaban J connectivity index is 1.77. The molecule has 0 bridgehead atoms. The number of anilines is 2. The summed E-state index contributed by atoms with van der Waals surface area (Å²) in [4.78, 5) is 25.6. The van der Waals surface area contributed by atoms with Crippen molar-refractivity contribution in [1.82, 2.24) is 14.9 Å². The van der Waals surface area contributed by atoms with Crippen LogP contribution in [0.2, 0.25) is 0 Å². The van der Waals surface area contributed by atoms with Gasteiger partial charge in [-0.1, -0.05) is 18.2 Å². The Morgan fingerprint density at radius 3 is 2.64 bits per heavy atom. The van der Waals surface area contributed by atoms with E-state index in [9.17, 15) is 4.79 Å². The minimum absolute atomic E-state index is 0.170. The van der Waals surface area contributed by atoms with Crippen LogP contribution >= 0.6 is 0 Å². The second-order valence-electron chi connectivity index (χ2n) is 6.66. The molecule has 1 aromatic heterocycles. The van der Waals surface area contributed by atoms with Crippen LogP contribution < -0.4 is 10.2 Å². The Morgan fingerprint density at radius 2 is 1.96 bits per heavy atom. The van der Waals surface area contributed by atoms with Crippen LogP contribution in [0.1, 0.15) is 34.5 Å². The van der Waals surface area contributed by atoms with E-state index in [0.717, 1.165) is 30.9 Å². The molecule has 0 saturated carbocycles. The normalized spacial score (nSPS) is 14.5. The number of amides is 1. The zero-order valence-electron chi connectivity index (χ0n) is 15.1. The van der Waals surface area contributed by atoms with E-state index in [4.69, 9.17) is 0 Å². The van der Waals surface area contributed by atoms with E-state index in [0.29, 0.717) is 17.2 Å². The molecular weight excluding hydrogens is 314 g/mol. The molecule has 25 heavy (non-hydrogen) atoms. The molecule has 1 saturated heterocycles. The Kier molecular flexibility index (Phi) is 5.28. The number of benzene rings is 1. The number of nitrogens with one attached hydrogen (secondary N) is 1. The van der Waals surface area contributed by atoms with Crippen molar-refractivity contribution < 1.29 is 4.79 Å². The fourth-order valence-corrected chi connectivity index (χ4v) is 3.04. The standard InChI is InChI=1S/C19H25N5O/c1-14-16(12-20-19(21-14)23(2)3)18(25)22-17-9-5-4-8-15(17)13-24-10-6-7-11-24/h4-5,8-9,12H,6-7,10-11,13H2,1-3H3,(H,22,25). The molecule has 0 atom stereocenters. The number of para-hydroxylation sites is 1. The summed E-state index contributed by atoms with van der Waals surface area (Å²) in [5.41, 5.74) is 3.17. The number of hydrogen-bond donors (Lipinski definition) is 1. The predicted molar refractivity (Wildman–Crippen MR) is 100 cm³/mol. The minimum atomic E-state index is -0.170. The highest BCUT2D eigenvalue weighted by Gasteiger charge is 2.17. The molecule has 1 aliphatic rings. The van der Waals surface area contributed by atoms with E-state index in [1.807, 2.05) is 44.1 Å². The van der Waals surface area contributed by atoms with E-state index in [1.165, 1.54) is 12.8 Å². The maximum absolute atomic E-state index is 12.7. The Bertz CT molecular complexity index is 753. The molecule has 1 aromatic carbocycles. The topological polar surface area (TPSA) is 61.4 Å². The quantitative estimate of drug-likeness (QED) is 0.907. The molecule has 2 heterocycles. The van der Waals surface area contributed by atoms with Gasteiger partial charge in [0.15, 0.2) is 0 Å². The zero-order chi connectivity index (χ0) is 17.8. The fourth-order valence-electron chi connectivity index (χ4n) is 3.04. The summed E-state index contributed by atoms with van der Waals surface area (Å²) in [6, 6.07) is 7.99. The maximum atomic E-state index is 12.7. The van der Waals surface area contributed by atoms with Crippen molar-refractivity contribution in [1.29, 1.82) is 0 Å². The number of carbonyl (C=O) groups is 1. The number of rotatable bonds is 5. The van der Waals surface area contributed by atoms with Gasteiger partial charge in [0.25, 0.3) is 5.91 Å². The number of carbonyl (C=O) groups excluding carboxylic acids is 1. The van der Waals surface area contributed by atoms with E-state index in [-0.39, 0.29) is 5.91 Å². The smallest absolute Gasteiger partial charge is 0.259 e. The van der Waals surface area contributed by atoms with Crippen LogP contribution in [0, 0.1) is 6.92 Å². The third-order valence-corrected chi connectivity index (χ3v) is 4.47. The van der Waals surface area contributed by atoms with E-state index in [2.05, 4.69) is 26.3 Å².